The lowest BCUT2D eigenvalue weighted by Crippen LogP contribution is -2.41. The topological polar surface area (TPSA) is 233 Å². The highest BCUT2D eigenvalue weighted by atomic mass is 16.5. The van der Waals surface area contributed by atoms with Gasteiger partial charge in [-0.2, -0.15) is 0 Å². The van der Waals surface area contributed by atoms with E-state index in [4.69, 9.17) is 24.1 Å². The molecule has 0 fully saturated rings. The SMILES string of the molecule is C=C(CC)[C@@H](CCCCNC(=O)COCCOCCNC(=O)COCCOCCCC(=O)CC[C@@H](NC(=O)CCCCCCCCCCCCCCCCC(=O)O)C(=O)O)CCC(=O)C(C)(C)C. The maximum Gasteiger partial charge on any atom is 0.326 e. The highest BCUT2D eigenvalue weighted by Crippen LogP contribution is 2.27. The van der Waals surface area contributed by atoms with Crippen molar-refractivity contribution in [2.75, 3.05) is 65.9 Å². The Morgan fingerprint density at radius 3 is 1.51 bits per heavy atom. The molecule has 16 nitrogen and oxygen atoms in total. The number of nitrogens with one attached hydrogen (secondary N) is 3. The fourth-order valence-electron chi connectivity index (χ4n) is 7.41. The number of carboxylic acids is 2. The fraction of sp³-hybridized carbons (Fsp3) is 0.827. The number of rotatable bonds is 49. The Bertz CT molecular complexity index is 1400. The number of amides is 3. The molecule has 0 saturated heterocycles. The first-order valence-corrected chi connectivity index (χ1v) is 25.9. The number of unbranched alkanes of at least 4 members (excludes halogenated alkanes) is 14. The molecule has 0 rings (SSSR count). The molecule has 0 aliphatic heterocycles. The quantitative estimate of drug-likeness (QED) is 0.0285. The molecular formula is C52H93N3O13. The summed E-state index contributed by atoms with van der Waals surface area (Å²) in [7, 11) is 0. The molecule has 0 aromatic heterocycles. The molecule has 394 valence electrons. The van der Waals surface area contributed by atoms with Crippen LogP contribution in [-0.4, -0.2) is 123 Å². The molecule has 16 heteroatoms. The first-order chi connectivity index (χ1) is 32.6. The van der Waals surface area contributed by atoms with Crippen molar-refractivity contribution in [2.45, 2.75) is 201 Å². The van der Waals surface area contributed by atoms with E-state index in [9.17, 15) is 38.7 Å². The largest absolute Gasteiger partial charge is 0.481 e. The summed E-state index contributed by atoms with van der Waals surface area (Å²) < 4.78 is 21.6. The van der Waals surface area contributed by atoms with Gasteiger partial charge in [0.25, 0.3) is 0 Å². The average Bonchev–Trinajstić information content (AvgIpc) is 3.29. The number of allylic oxidation sites excluding steroid dienone is 1. The number of carbonyl (C=O) groups excluding carboxylic acids is 5. The van der Waals surface area contributed by atoms with E-state index >= 15 is 0 Å². The van der Waals surface area contributed by atoms with Crippen molar-refractivity contribution in [2.24, 2.45) is 11.3 Å². The Morgan fingerprint density at radius 2 is 1.00 bits per heavy atom. The van der Waals surface area contributed by atoms with Gasteiger partial charge in [0, 0.05) is 57.2 Å². The van der Waals surface area contributed by atoms with Gasteiger partial charge in [0.05, 0.1) is 33.0 Å². The van der Waals surface area contributed by atoms with Crippen molar-refractivity contribution in [3.8, 4) is 0 Å². The van der Waals surface area contributed by atoms with Gasteiger partial charge in [-0.3, -0.25) is 28.8 Å². The lowest BCUT2D eigenvalue weighted by Gasteiger charge is -2.22. The summed E-state index contributed by atoms with van der Waals surface area (Å²) in [5, 5.41) is 26.3. The third-order valence-electron chi connectivity index (χ3n) is 11.8. The van der Waals surface area contributed by atoms with Crippen molar-refractivity contribution in [3.05, 3.63) is 12.2 Å². The average molecular weight is 968 g/mol. The van der Waals surface area contributed by atoms with Gasteiger partial charge in [-0.1, -0.05) is 123 Å². The second-order valence-corrected chi connectivity index (χ2v) is 18.9. The van der Waals surface area contributed by atoms with Crippen LogP contribution in [0.3, 0.4) is 0 Å². The zero-order chi connectivity index (χ0) is 50.7. The van der Waals surface area contributed by atoms with Crippen LogP contribution >= 0.6 is 0 Å². The minimum absolute atomic E-state index is 0.0363. The summed E-state index contributed by atoms with van der Waals surface area (Å²) in [5.41, 5.74) is 0.849. The third kappa shape index (κ3) is 41.3. The van der Waals surface area contributed by atoms with E-state index < -0.39 is 18.0 Å². The normalized spacial score (nSPS) is 12.3. The molecule has 0 saturated carbocycles. The first kappa shape index (κ1) is 64.3. The molecule has 68 heavy (non-hydrogen) atoms. The Labute approximate surface area is 408 Å². The van der Waals surface area contributed by atoms with Gasteiger partial charge in [0.15, 0.2) is 0 Å². The lowest BCUT2D eigenvalue weighted by molar-refractivity contribution is -0.142. The molecule has 0 unspecified atom stereocenters. The van der Waals surface area contributed by atoms with Gasteiger partial charge < -0.3 is 45.1 Å². The van der Waals surface area contributed by atoms with Crippen LogP contribution < -0.4 is 16.0 Å². The molecule has 0 aromatic rings. The van der Waals surface area contributed by atoms with Crippen LogP contribution in [0.25, 0.3) is 0 Å². The maximum atomic E-state index is 12.4. The Hall–Kier alpha value is -3.73. The smallest absolute Gasteiger partial charge is 0.326 e. The summed E-state index contributed by atoms with van der Waals surface area (Å²) in [6.45, 7) is 14.3. The lowest BCUT2D eigenvalue weighted by atomic mass is 9.83. The zero-order valence-corrected chi connectivity index (χ0v) is 42.7. The molecule has 3 amide bonds. The highest BCUT2D eigenvalue weighted by molar-refractivity contribution is 5.85. The molecule has 0 aliphatic carbocycles. The summed E-state index contributed by atoms with van der Waals surface area (Å²) in [5.74, 6) is -2.18. The summed E-state index contributed by atoms with van der Waals surface area (Å²) >= 11 is 0. The van der Waals surface area contributed by atoms with Gasteiger partial charge >= 0.3 is 11.9 Å². The minimum Gasteiger partial charge on any atom is -0.481 e. The van der Waals surface area contributed by atoms with Gasteiger partial charge in [0.1, 0.15) is 30.8 Å². The predicted octanol–water partition coefficient (Wildman–Crippen LogP) is 8.46. The van der Waals surface area contributed by atoms with Gasteiger partial charge in [-0.15, -0.1) is 0 Å². The number of hydrogen-bond acceptors (Lipinski definition) is 11. The van der Waals surface area contributed by atoms with Crippen molar-refractivity contribution in [3.63, 3.8) is 0 Å². The van der Waals surface area contributed by atoms with Gasteiger partial charge in [-0.05, 0) is 57.3 Å². The van der Waals surface area contributed by atoms with Crippen LogP contribution in [0.4, 0.5) is 0 Å². The molecule has 0 aromatic carbocycles. The van der Waals surface area contributed by atoms with Gasteiger partial charge in [0.2, 0.25) is 17.7 Å². The standard InChI is InChI=1S/C52H93N3O13/c1-6-42(2)43(28-31-46(57)52(3,4)5)24-21-22-32-53-48(59)40-68-39-37-66-35-33-54-49(60)41-67-38-36-65-34-23-25-44(56)29-30-45(51(63)64)55-47(58)26-19-17-15-13-11-9-7-8-10-12-14-16-18-20-27-50(61)62/h43,45H,2,6-41H2,1,3-5H3,(H,53,59)(H,54,60)(H,55,58)(H,61,62)(H,63,64)/t43-,45+/m0/s1. The van der Waals surface area contributed by atoms with Crippen LogP contribution in [0.1, 0.15) is 195 Å². The minimum atomic E-state index is -1.15. The molecule has 0 bridgehead atoms. The number of aliphatic carboxylic acids is 2. The van der Waals surface area contributed by atoms with Crippen LogP contribution in [0.5, 0.6) is 0 Å². The number of carboxylic acid groups (broad SMARTS) is 2. The van der Waals surface area contributed by atoms with E-state index in [0.29, 0.717) is 38.3 Å². The van der Waals surface area contributed by atoms with Crippen LogP contribution in [0.15, 0.2) is 12.2 Å². The van der Waals surface area contributed by atoms with E-state index in [1.807, 2.05) is 20.8 Å². The molecule has 2 atom stereocenters. The van der Waals surface area contributed by atoms with Crippen molar-refractivity contribution < 1.29 is 62.7 Å². The number of ketones is 2. The van der Waals surface area contributed by atoms with Crippen LogP contribution in [0.2, 0.25) is 0 Å². The monoisotopic (exact) mass is 968 g/mol. The maximum absolute atomic E-state index is 12.4. The zero-order valence-electron chi connectivity index (χ0n) is 42.7. The number of Topliss-reactive ketones (excluding diaryl/α,β-unsaturated/α-hetero) is 2. The third-order valence-corrected chi connectivity index (χ3v) is 11.8. The highest BCUT2D eigenvalue weighted by Gasteiger charge is 2.23. The van der Waals surface area contributed by atoms with E-state index in [1.54, 1.807) is 0 Å². The second kappa shape index (κ2) is 43.3. The first-order valence-electron chi connectivity index (χ1n) is 25.9. The molecule has 5 N–H and O–H groups in total. The second-order valence-electron chi connectivity index (χ2n) is 18.9. The summed E-state index contributed by atoms with van der Waals surface area (Å²) in [6.07, 6.45) is 21.4. The number of carbonyl (C=O) groups is 7. The Morgan fingerprint density at radius 1 is 0.500 bits per heavy atom. The van der Waals surface area contributed by atoms with E-state index in [-0.39, 0.29) is 120 Å². The molecule has 0 aliphatic rings. The van der Waals surface area contributed by atoms with Crippen molar-refractivity contribution >= 4 is 41.2 Å². The molecule has 0 heterocycles. The van der Waals surface area contributed by atoms with Crippen molar-refractivity contribution in [1.82, 2.24) is 16.0 Å². The van der Waals surface area contributed by atoms with Crippen molar-refractivity contribution in [1.29, 1.82) is 0 Å². The molecule has 0 radical (unpaired) electrons. The molecular weight excluding hydrogens is 875 g/mol. The summed E-state index contributed by atoms with van der Waals surface area (Å²) in [4.78, 5) is 83.4. The van der Waals surface area contributed by atoms with E-state index in [1.165, 1.54) is 50.5 Å². The van der Waals surface area contributed by atoms with Gasteiger partial charge in [-0.25, -0.2) is 4.79 Å². The van der Waals surface area contributed by atoms with Crippen LogP contribution in [-0.2, 0) is 52.5 Å². The fourth-order valence-corrected chi connectivity index (χ4v) is 7.41. The Balaban J connectivity index is 3.74. The van der Waals surface area contributed by atoms with E-state index in [2.05, 4.69) is 29.5 Å². The molecule has 0 spiro atoms. The van der Waals surface area contributed by atoms with E-state index in [0.717, 1.165) is 70.6 Å². The summed E-state index contributed by atoms with van der Waals surface area (Å²) in [6, 6.07) is -1.10. The predicted molar refractivity (Wildman–Crippen MR) is 264 cm³/mol. The Kier molecular flexibility index (Phi) is 40.9. The number of ether oxygens (including phenoxy) is 4. The number of hydrogen-bond donors (Lipinski definition) is 5. The van der Waals surface area contributed by atoms with Crippen LogP contribution in [0, 0.1) is 11.3 Å².